The van der Waals surface area contributed by atoms with E-state index in [2.05, 4.69) is 30.7 Å². The molecule has 0 unspecified atom stereocenters. The lowest BCUT2D eigenvalue weighted by Crippen LogP contribution is -2.15. The molecule has 0 saturated carbocycles. The smallest absolute Gasteiger partial charge is 0.274 e. The molecule has 0 saturated heterocycles. The van der Waals surface area contributed by atoms with E-state index in [-0.39, 0.29) is 11.5 Å². The Morgan fingerprint density at radius 1 is 1.30 bits per heavy atom. The molecule has 0 bridgehead atoms. The van der Waals surface area contributed by atoms with Gasteiger partial charge in [0.1, 0.15) is 5.69 Å². The predicted molar refractivity (Wildman–Crippen MR) is 76.9 cm³/mol. The summed E-state index contributed by atoms with van der Waals surface area (Å²) in [7, 11) is 0. The minimum absolute atomic E-state index is 0.205. The van der Waals surface area contributed by atoms with E-state index in [0.29, 0.717) is 5.69 Å². The number of para-hydroxylation sites is 1. The Hall–Kier alpha value is -2.96. The summed E-state index contributed by atoms with van der Waals surface area (Å²) in [5.41, 5.74) is 4.65. The molecule has 0 atom stereocenters. The maximum absolute atomic E-state index is 11.4. The van der Waals surface area contributed by atoms with Gasteiger partial charge in [-0.15, -0.1) is 10.2 Å². The van der Waals surface area contributed by atoms with Crippen LogP contribution in [0.15, 0.2) is 40.4 Å². The average molecular weight is 268 g/mol. The van der Waals surface area contributed by atoms with Gasteiger partial charge < -0.3 is 4.98 Å². The Balaban J connectivity index is 1.80. The number of hydrazone groups is 1. The summed E-state index contributed by atoms with van der Waals surface area (Å²) in [4.78, 5) is 17.0. The highest BCUT2D eigenvalue weighted by Gasteiger charge is 2.00. The number of nitrogens with zero attached hydrogens (tertiary/aromatic N) is 3. The van der Waals surface area contributed by atoms with Crippen molar-refractivity contribution in [2.45, 2.75) is 6.92 Å². The number of rotatable bonds is 3. The number of aromatic nitrogens is 4. The van der Waals surface area contributed by atoms with Crippen LogP contribution in [0.2, 0.25) is 0 Å². The molecule has 3 N–H and O–H groups in total. The summed E-state index contributed by atoms with van der Waals surface area (Å²) in [5.74, 6) is 0.205. The van der Waals surface area contributed by atoms with Crippen LogP contribution in [0.5, 0.6) is 0 Å². The molecule has 0 spiro atoms. The van der Waals surface area contributed by atoms with Crippen molar-refractivity contribution >= 4 is 23.1 Å². The van der Waals surface area contributed by atoms with Crippen LogP contribution in [-0.4, -0.2) is 26.4 Å². The molecular weight excluding hydrogens is 256 g/mol. The highest BCUT2D eigenvalue weighted by molar-refractivity contribution is 5.99. The maximum Gasteiger partial charge on any atom is 0.274 e. The summed E-state index contributed by atoms with van der Waals surface area (Å²) in [6, 6.07) is 7.91. The number of benzene rings is 1. The number of aryl methyl sites for hydroxylation is 1. The lowest BCUT2D eigenvalue weighted by molar-refractivity contribution is 0.897. The zero-order valence-corrected chi connectivity index (χ0v) is 10.7. The van der Waals surface area contributed by atoms with Crippen LogP contribution in [-0.2, 0) is 0 Å². The van der Waals surface area contributed by atoms with Gasteiger partial charge in [0.2, 0.25) is 5.95 Å². The molecular formula is C13H12N6O. The molecule has 7 nitrogen and oxygen atoms in total. The molecule has 100 valence electrons. The van der Waals surface area contributed by atoms with Crippen LogP contribution >= 0.6 is 0 Å². The van der Waals surface area contributed by atoms with Gasteiger partial charge >= 0.3 is 0 Å². The first-order chi connectivity index (χ1) is 9.74. The Morgan fingerprint density at radius 3 is 3.00 bits per heavy atom. The molecule has 20 heavy (non-hydrogen) atoms. The van der Waals surface area contributed by atoms with E-state index in [1.54, 1.807) is 13.1 Å². The van der Waals surface area contributed by atoms with Gasteiger partial charge in [-0.3, -0.25) is 9.78 Å². The molecule has 7 heteroatoms. The Morgan fingerprint density at radius 2 is 2.15 bits per heavy atom. The van der Waals surface area contributed by atoms with Gasteiger partial charge in [-0.05, 0) is 13.0 Å². The van der Waals surface area contributed by atoms with Crippen LogP contribution in [0.1, 0.15) is 11.3 Å². The van der Waals surface area contributed by atoms with Crippen molar-refractivity contribution in [1.82, 2.24) is 20.2 Å². The Kier molecular flexibility index (Phi) is 3.00. The molecule has 1 aromatic carbocycles. The standard InChI is InChI=1S/C13H12N6O/c1-8-12(20)16-13(19-17-8)18-15-7-9-6-14-11-5-3-2-4-10(9)11/h2-7,14H,1H3,(H2,16,18,19,20)/b15-7-. The molecule has 0 aliphatic carbocycles. The number of aromatic amines is 2. The lowest BCUT2D eigenvalue weighted by Gasteiger charge is -1.97. The fourth-order valence-electron chi connectivity index (χ4n) is 1.81. The second-order valence-corrected chi connectivity index (χ2v) is 4.25. The first-order valence-corrected chi connectivity index (χ1v) is 6.03. The van der Waals surface area contributed by atoms with Crippen LogP contribution in [0.4, 0.5) is 5.95 Å². The summed E-state index contributed by atoms with van der Waals surface area (Å²) in [6.07, 6.45) is 3.51. The molecule has 0 amide bonds. The van der Waals surface area contributed by atoms with Gasteiger partial charge in [-0.2, -0.15) is 5.10 Å². The molecule has 2 aromatic heterocycles. The zero-order chi connectivity index (χ0) is 13.9. The summed E-state index contributed by atoms with van der Waals surface area (Å²) in [6.45, 7) is 1.59. The average Bonchev–Trinajstić information content (AvgIpc) is 2.86. The molecule has 0 aliphatic heterocycles. The van der Waals surface area contributed by atoms with Gasteiger partial charge in [0.05, 0.1) is 6.21 Å². The van der Waals surface area contributed by atoms with E-state index < -0.39 is 0 Å². The normalized spacial score (nSPS) is 11.2. The van der Waals surface area contributed by atoms with E-state index in [0.717, 1.165) is 16.5 Å². The lowest BCUT2D eigenvalue weighted by atomic mass is 10.2. The van der Waals surface area contributed by atoms with Gasteiger partial charge in [-0.1, -0.05) is 18.2 Å². The molecule has 3 rings (SSSR count). The number of nitrogens with one attached hydrogen (secondary N) is 3. The van der Waals surface area contributed by atoms with Gasteiger partial charge in [0.25, 0.3) is 5.56 Å². The topological polar surface area (TPSA) is 98.8 Å². The maximum atomic E-state index is 11.4. The number of hydrogen-bond acceptors (Lipinski definition) is 5. The van der Waals surface area contributed by atoms with Crippen molar-refractivity contribution in [2.24, 2.45) is 5.10 Å². The van der Waals surface area contributed by atoms with E-state index in [4.69, 9.17) is 0 Å². The van der Waals surface area contributed by atoms with Crippen LogP contribution < -0.4 is 11.0 Å². The molecule has 0 radical (unpaired) electrons. The molecule has 2 heterocycles. The highest BCUT2D eigenvalue weighted by atomic mass is 16.1. The second kappa shape index (κ2) is 4.96. The minimum Gasteiger partial charge on any atom is -0.361 e. The largest absolute Gasteiger partial charge is 0.361 e. The number of anilines is 1. The van der Waals surface area contributed by atoms with E-state index in [1.807, 2.05) is 30.5 Å². The first kappa shape index (κ1) is 12.1. The summed E-state index contributed by atoms with van der Waals surface area (Å²) >= 11 is 0. The molecule has 0 fully saturated rings. The number of H-pyrrole nitrogens is 2. The van der Waals surface area contributed by atoms with Gasteiger partial charge in [0.15, 0.2) is 0 Å². The van der Waals surface area contributed by atoms with Gasteiger partial charge in [0, 0.05) is 22.7 Å². The second-order valence-electron chi connectivity index (χ2n) is 4.25. The highest BCUT2D eigenvalue weighted by Crippen LogP contribution is 2.15. The Bertz CT molecular complexity index is 832. The first-order valence-electron chi connectivity index (χ1n) is 6.03. The third-order valence-corrected chi connectivity index (χ3v) is 2.86. The fourth-order valence-corrected chi connectivity index (χ4v) is 1.81. The SMILES string of the molecule is Cc1nnc(N/N=C\c2c[nH]c3ccccc23)[nH]c1=O. The monoisotopic (exact) mass is 268 g/mol. The summed E-state index contributed by atoms with van der Waals surface area (Å²) < 4.78 is 0. The van der Waals surface area contributed by atoms with Crippen LogP contribution in [0.3, 0.4) is 0 Å². The number of fused-ring (bicyclic) bond motifs is 1. The Labute approximate surface area is 113 Å². The van der Waals surface area contributed by atoms with E-state index in [9.17, 15) is 4.79 Å². The van der Waals surface area contributed by atoms with Gasteiger partial charge in [-0.25, -0.2) is 5.43 Å². The van der Waals surface area contributed by atoms with Crippen molar-refractivity contribution in [3.05, 3.63) is 52.1 Å². The third-order valence-electron chi connectivity index (χ3n) is 2.86. The third kappa shape index (κ3) is 2.28. The van der Waals surface area contributed by atoms with Crippen molar-refractivity contribution < 1.29 is 0 Å². The molecule has 0 aliphatic rings. The van der Waals surface area contributed by atoms with E-state index in [1.165, 1.54) is 0 Å². The summed E-state index contributed by atoms with van der Waals surface area (Å²) in [5, 5.41) is 12.6. The van der Waals surface area contributed by atoms with Crippen molar-refractivity contribution in [3.8, 4) is 0 Å². The van der Waals surface area contributed by atoms with Crippen molar-refractivity contribution in [2.75, 3.05) is 5.43 Å². The quantitative estimate of drug-likeness (QED) is 0.494. The van der Waals surface area contributed by atoms with Crippen LogP contribution in [0.25, 0.3) is 10.9 Å². The predicted octanol–water partition coefficient (Wildman–Crippen LogP) is 1.40. The minimum atomic E-state index is -0.287. The van der Waals surface area contributed by atoms with Crippen molar-refractivity contribution in [1.29, 1.82) is 0 Å². The van der Waals surface area contributed by atoms with Crippen LogP contribution in [0, 0.1) is 6.92 Å². The van der Waals surface area contributed by atoms with Crippen molar-refractivity contribution in [3.63, 3.8) is 0 Å². The molecule has 3 aromatic rings. The number of hydrogen-bond donors (Lipinski definition) is 3. The zero-order valence-electron chi connectivity index (χ0n) is 10.7. The fraction of sp³-hybridized carbons (Fsp3) is 0.0769. The van der Waals surface area contributed by atoms with E-state index >= 15 is 0 Å².